The van der Waals surface area contributed by atoms with E-state index in [1.807, 2.05) is 6.20 Å². The van der Waals surface area contributed by atoms with Gasteiger partial charge in [0, 0.05) is 48.6 Å². The highest BCUT2D eigenvalue weighted by molar-refractivity contribution is 5.98. The SMILES string of the molecule is C=Cc1cc2c(-c3cc(C#N)c(N4CCN(C(=O)C5CC5)C(C5CC5)C4)nc3C3CC3)cccc2cn1. The number of pyridine rings is 2. The number of piperazine rings is 1. The van der Waals surface area contributed by atoms with Crippen molar-refractivity contribution in [2.75, 3.05) is 24.5 Å². The molecule has 1 unspecified atom stereocenters. The third-order valence-electron chi connectivity index (χ3n) is 8.49. The van der Waals surface area contributed by atoms with E-state index in [9.17, 15) is 10.1 Å². The first kappa shape index (κ1) is 22.5. The van der Waals surface area contributed by atoms with Crippen molar-refractivity contribution < 1.29 is 4.79 Å². The summed E-state index contributed by atoms with van der Waals surface area (Å²) in [5.41, 5.74) is 4.69. The standard InChI is InChI=1S/C31H31N5O/c1-2-24-15-26-22(17-33-24)4-3-5-25(26)27-14-23(16-32)30(34-29(27)20-8-9-20)35-12-13-36(31(37)21-10-11-21)28(18-35)19-6-7-19/h2-5,14-15,17,19-21,28H,1,6-13,18H2. The van der Waals surface area contributed by atoms with E-state index in [1.165, 1.54) is 12.8 Å². The molecule has 3 saturated carbocycles. The van der Waals surface area contributed by atoms with Crippen LogP contribution >= 0.6 is 0 Å². The van der Waals surface area contributed by atoms with E-state index in [0.29, 0.717) is 23.3 Å². The zero-order valence-electron chi connectivity index (χ0n) is 21.1. The van der Waals surface area contributed by atoms with Gasteiger partial charge in [-0.1, -0.05) is 24.8 Å². The third kappa shape index (κ3) is 4.07. The molecule has 1 aliphatic heterocycles. The van der Waals surface area contributed by atoms with Crippen molar-refractivity contribution in [3.8, 4) is 17.2 Å². The van der Waals surface area contributed by atoms with Crippen molar-refractivity contribution in [1.29, 1.82) is 5.26 Å². The van der Waals surface area contributed by atoms with Gasteiger partial charge < -0.3 is 9.80 Å². The molecule has 3 aliphatic carbocycles. The number of hydrogen-bond acceptors (Lipinski definition) is 5. The molecule has 0 bridgehead atoms. The van der Waals surface area contributed by atoms with Gasteiger partial charge in [-0.25, -0.2) is 4.98 Å². The minimum atomic E-state index is 0.238. The Labute approximate surface area is 217 Å². The maximum Gasteiger partial charge on any atom is 0.226 e. The van der Waals surface area contributed by atoms with Gasteiger partial charge in [-0.15, -0.1) is 0 Å². The van der Waals surface area contributed by atoms with Gasteiger partial charge in [0.25, 0.3) is 0 Å². The summed E-state index contributed by atoms with van der Waals surface area (Å²) >= 11 is 0. The highest BCUT2D eigenvalue weighted by Crippen LogP contribution is 2.47. The number of nitriles is 1. The number of nitrogens with zero attached hydrogens (tertiary/aromatic N) is 5. The highest BCUT2D eigenvalue weighted by atomic mass is 16.2. The molecule has 0 spiro atoms. The highest BCUT2D eigenvalue weighted by Gasteiger charge is 2.45. The Morgan fingerprint density at radius 2 is 1.92 bits per heavy atom. The Morgan fingerprint density at radius 1 is 1.08 bits per heavy atom. The lowest BCUT2D eigenvalue weighted by molar-refractivity contribution is -0.135. The van der Waals surface area contributed by atoms with Crippen LogP contribution < -0.4 is 4.90 Å². The lowest BCUT2D eigenvalue weighted by Gasteiger charge is -2.43. The molecule has 37 heavy (non-hydrogen) atoms. The van der Waals surface area contributed by atoms with E-state index in [1.54, 1.807) is 6.08 Å². The molecule has 0 N–H and O–H groups in total. The van der Waals surface area contributed by atoms with Crippen molar-refractivity contribution in [3.05, 3.63) is 60.1 Å². The van der Waals surface area contributed by atoms with E-state index < -0.39 is 0 Å². The fourth-order valence-corrected chi connectivity index (χ4v) is 5.98. The second kappa shape index (κ2) is 8.69. The number of benzene rings is 1. The zero-order valence-corrected chi connectivity index (χ0v) is 21.1. The first-order chi connectivity index (χ1) is 18.1. The van der Waals surface area contributed by atoms with E-state index >= 15 is 0 Å². The Morgan fingerprint density at radius 3 is 2.62 bits per heavy atom. The van der Waals surface area contributed by atoms with Crippen LogP contribution in [0.1, 0.15) is 61.4 Å². The van der Waals surface area contributed by atoms with E-state index in [-0.39, 0.29) is 12.0 Å². The van der Waals surface area contributed by atoms with Gasteiger partial charge in [0.15, 0.2) is 0 Å². The summed E-state index contributed by atoms with van der Waals surface area (Å²) in [5, 5.41) is 12.4. The van der Waals surface area contributed by atoms with E-state index in [4.69, 9.17) is 4.98 Å². The molecule has 1 aromatic carbocycles. The molecule has 0 radical (unpaired) electrons. The van der Waals surface area contributed by atoms with Gasteiger partial charge in [-0.2, -0.15) is 5.26 Å². The molecule has 6 heteroatoms. The number of aromatic nitrogens is 2. The van der Waals surface area contributed by atoms with Gasteiger partial charge in [-0.05, 0) is 73.6 Å². The summed E-state index contributed by atoms with van der Waals surface area (Å²) in [6.45, 7) is 6.12. The van der Waals surface area contributed by atoms with Crippen molar-refractivity contribution >= 4 is 28.6 Å². The van der Waals surface area contributed by atoms with Crippen molar-refractivity contribution in [3.63, 3.8) is 0 Å². The van der Waals surface area contributed by atoms with Crippen LogP contribution in [-0.4, -0.2) is 46.5 Å². The zero-order chi connectivity index (χ0) is 25.1. The molecule has 2 aromatic heterocycles. The monoisotopic (exact) mass is 489 g/mol. The lowest BCUT2D eigenvalue weighted by atomic mass is 9.94. The van der Waals surface area contributed by atoms with E-state index in [2.05, 4.69) is 57.8 Å². The Balaban J connectivity index is 1.29. The molecule has 6 nitrogen and oxygen atoms in total. The average molecular weight is 490 g/mol. The second-order valence-electron chi connectivity index (χ2n) is 11.2. The molecule has 7 rings (SSSR count). The fourth-order valence-electron chi connectivity index (χ4n) is 5.98. The van der Waals surface area contributed by atoms with Crippen molar-refractivity contribution in [2.45, 2.75) is 50.5 Å². The smallest absolute Gasteiger partial charge is 0.226 e. The van der Waals surface area contributed by atoms with Crippen molar-refractivity contribution in [2.24, 2.45) is 11.8 Å². The van der Waals surface area contributed by atoms with Gasteiger partial charge >= 0.3 is 0 Å². The molecule has 1 amide bonds. The molecular weight excluding hydrogens is 458 g/mol. The summed E-state index contributed by atoms with van der Waals surface area (Å²) in [7, 11) is 0. The van der Waals surface area contributed by atoms with Crippen LogP contribution in [0.25, 0.3) is 28.0 Å². The maximum absolute atomic E-state index is 13.0. The summed E-state index contributed by atoms with van der Waals surface area (Å²) in [6, 6.07) is 13.1. The van der Waals surface area contributed by atoms with Crippen molar-refractivity contribution in [1.82, 2.24) is 14.9 Å². The van der Waals surface area contributed by atoms with Gasteiger partial charge in [0.05, 0.1) is 23.0 Å². The predicted octanol–water partition coefficient (Wildman–Crippen LogP) is 5.53. The van der Waals surface area contributed by atoms with Gasteiger partial charge in [-0.3, -0.25) is 9.78 Å². The first-order valence-corrected chi connectivity index (χ1v) is 13.7. The van der Waals surface area contributed by atoms with Gasteiger partial charge in [0.1, 0.15) is 11.9 Å². The lowest BCUT2D eigenvalue weighted by Crippen LogP contribution is -2.57. The van der Waals surface area contributed by atoms with Crippen LogP contribution in [0.15, 0.2) is 43.1 Å². The predicted molar refractivity (Wildman–Crippen MR) is 145 cm³/mol. The number of carbonyl (C=O) groups is 1. The maximum atomic E-state index is 13.0. The van der Waals surface area contributed by atoms with Crippen LogP contribution in [-0.2, 0) is 4.79 Å². The minimum absolute atomic E-state index is 0.238. The summed E-state index contributed by atoms with van der Waals surface area (Å²) < 4.78 is 0. The number of anilines is 1. The second-order valence-corrected chi connectivity index (χ2v) is 11.2. The number of amides is 1. The molecule has 1 saturated heterocycles. The Hall–Kier alpha value is -3.72. The van der Waals surface area contributed by atoms with Crippen LogP contribution in [0.5, 0.6) is 0 Å². The Bertz CT molecular complexity index is 1460. The fraction of sp³-hybridized carbons (Fsp3) is 0.419. The quantitative estimate of drug-likeness (QED) is 0.455. The van der Waals surface area contributed by atoms with Gasteiger partial charge in [0.2, 0.25) is 5.91 Å². The summed E-state index contributed by atoms with van der Waals surface area (Å²) in [4.78, 5) is 27.2. The molecule has 186 valence electrons. The molecule has 3 aromatic rings. The number of carbonyl (C=O) groups excluding carboxylic acids is 1. The number of rotatable bonds is 6. The number of hydrogen-bond donors (Lipinski definition) is 0. The molecule has 1 atom stereocenters. The number of fused-ring (bicyclic) bond motifs is 1. The summed E-state index contributed by atoms with van der Waals surface area (Å²) in [5.74, 6) is 2.41. The molecule has 4 aliphatic rings. The normalized spacial score (nSPS) is 21.6. The Kier molecular flexibility index (Phi) is 5.28. The molecule has 3 heterocycles. The van der Waals surface area contributed by atoms with E-state index in [0.717, 1.165) is 84.4 Å². The van der Waals surface area contributed by atoms with Crippen LogP contribution in [0.3, 0.4) is 0 Å². The topological polar surface area (TPSA) is 73.1 Å². The molecule has 4 fully saturated rings. The van der Waals surface area contributed by atoms with Crippen LogP contribution in [0.4, 0.5) is 5.82 Å². The average Bonchev–Trinajstić information content (AvgIpc) is 3.80. The van der Waals surface area contributed by atoms with Crippen LogP contribution in [0.2, 0.25) is 0 Å². The minimum Gasteiger partial charge on any atom is -0.352 e. The largest absolute Gasteiger partial charge is 0.352 e. The summed E-state index contributed by atoms with van der Waals surface area (Å²) in [6.07, 6.45) is 10.4. The van der Waals surface area contributed by atoms with Crippen LogP contribution in [0, 0.1) is 23.2 Å². The first-order valence-electron chi connectivity index (χ1n) is 13.7. The molecular formula is C31H31N5O. The third-order valence-corrected chi connectivity index (χ3v) is 8.49.